The molecule has 94 valence electrons. The van der Waals surface area contributed by atoms with Gasteiger partial charge in [-0.25, -0.2) is 4.68 Å². The monoisotopic (exact) mass is 245 g/mol. The normalized spacial score (nSPS) is 14.3. The van der Waals surface area contributed by atoms with Gasteiger partial charge in [-0.15, -0.1) is 0 Å². The number of aromatic amines is 1. The van der Waals surface area contributed by atoms with Crippen molar-refractivity contribution in [1.29, 1.82) is 0 Å². The van der Waals surface area contributed by atoms with Crippen LogP contribution >= 0.6 is 0 Å². The fourth-order valence-corrected chi connectivity index (χ4v) is 2.28. The molecule has 2 heterocycles. The van der Waals surface area contributed by atoms with Crippen LogP contribution in [0.4, 0.5) is 0 Å². The molecule has 0 fully saturated rings. The van der Waals surface area contributed by atoms with E-state index >= 15 is 0 Å². The predicted octanol–water partition coefficient (Wildman–Crippen LogP) is 0.820. The summed E-state index contributed by atoms with van der Waals surface area (Å²) in [4.78, 5) is 12.3. The summed E-state index contributed by atoms with van der Waals surface area (Å²) in [5.41, 5.74) is 2.71. The number of nitrogens with zero attached hydrogens (tertiary/aromatic N) is 1. The average molecular weight is 245 g/mol. The summed E-state index contributed by atoms with van der Waals surface area (Å²) in [7, 11) is 1.62. The van der Waals surface area contributed by atoms with Gasteiger partial charge >= 0.3 is 0 Å². The first kappa shape index (κ1) is 11.1. The molecule has 2 N–H and O–H groups in total. The van der Waals surface area contributed by atoms with E-state index in [9.17, 15) is 4.79 Å². The van der Waals surface area contributed by atoms with Crippen molar-refractivity contribution in [3.8, 4) is 11.4 Å². The Bertz CT molecular complexity index is 627. The molecular weight excluding hydrogens is 230 g/mol. The van der Waals surface area contributed by atoms with Crippen LogP contribution in [0.1, 0.15) is 11.3 Å². The summed E-state index contributed by atoms with van der Waals surface area (Å²) < 4.78 is 6.76. The average Bonchev–Trinajstić information content (AvgIpc) is 2.77. The zero-order valence-corrected chi connectivity index (χ0v) is 10.2. The number of benzene rings is 1. The van der Waals surface area contributed by atoms with Gasteiger partial charge in [0, 0.05) is 18.2 Å². The first-order chi connectivity index (χ1) is 8.79. The van der Waals surface area contributed by atoms with Crippen molar-refractivity contribution in [3.05, 3.63) is 45.9 Å². The molecule has 5 nitrogen and oxygen atoms in total. The van der Waals surface area contributed by atoms with Gasteiger partial charge in [-0.05, 0) is 25.1 Å². The second kappa shape index (κ2) is 4.34. The van der Waals surface area contributed by atoms with E-state index in [0.717, 1.165) is 42.2 Å². The molecule has 0 radical (unpaired) electrons. The largest absolute Gasteiger partial charge is 0.497 e. The van der Waals surface area contributed by atoms with Crippen molar-refractivity contribution in [1.82, 2.24) is 15.1 Å². The zero-order chi connectivity index (χ0) is 12.5. The summed E-state index contributed by atoms with van der Waals surface area (Å²) in [6, 6.07) is 7.47. The topological polar surface area (TPSA) is 59.0 Å². The number of aromatic nitrogens is 2. The highest BCUT2D eigenvalue weighted by Crippen LogP contribution is 2.16. The molecule has 1 aromatic heterocycles. The van der Waals surface area contributed by atoms with Gasteiger partial charge in [0.25, 0.3) is 5.56 Å². The molecule has 0 atom stereocenters. The summed E-state index contributed by atoms with van der Waals surface area (Å²) >= 11 is 0. The minimum atomic E-state index is 0.0414. The number of hydrogen-bond donors (Lipinski definition) is 2. The number of fused-ring (bicyclic) bond motifs is 1. The minimum Gasteiger partial charge on any atom is -0.497 e. The number of rotatable bonds is 2. The van der Waals surface area contributed by atoms with Crippen LogP contribution in [0.15, 0.2) is 29.1 Å². The van der Waals surface area contributed by atoms with E-state index in [2.05, 4.69) is 10.4 Å². The van der Waals surface area contributed by atoms with Gasteiger partial charge in [0.1, 0.15) is 5.75 Å². The van der Waals surface area contributed by atoms with Crippen molar-refractivity contribution in [2.75, 3.05) is 13.7 Å². The van der Waals surface area contributed by atoms with Crippen LogP contribution in [0, 0.1) is 0 Å². The van der Waals surface area contributed by atoms with Crippen LogP contribution in [0.3, 0.4) is 0 Å². The van der Waals surface area contributed by atoms with E-state index in [1.54, 1.807) is 11.8 Å². The Kier molecular flexibility index (Phi) is 2.68. The summed E-state index contributed by atoms with van der Waals surface area (Å²) in [5.74, 6) is 0.741. The van der Waals surface area contributed by atoms with Crippen LogP contribution in [-0.4, -0.2) is 23.4 Å². The van der Waals surface area contributed by atoms with E-state index in [0.29, 0.717) is 0 Å². The molecule has 0 aliphatic carbocycles. The predicted molar refractivity (Wildman–Crippen MR) is 68.4 cm³/mol. The van der Waals surface area contributed by atoms with E-state index in [-0.39, 0.29) is 5.56 Å². The van der Waals surface area contributed by atoms with E-state index in [1.807, 2.05) is 24.3 Å². The lowest BCUT2D eigenvalue weighted by Crippen LogP contribution is -2.26. The smallest absolute Gasteiger partial charge is 0.274 e. The highest BCUT2D eigenvalue weighted by Gasteiger charge is 2.17. The lowest BCUT2D eigenvalue weighted by molar-refractivity contribution is 0.414. The summed E-state index contributed by atoms with van der Waals surface area (Å²) in [5, 5.41) is 6.40. The van der Waals surface area contributed by atoms with Crippen LogP contribution in [0.5, 0.6) is 5.75 Å². The fourth-order valence-electron chi connectivity index (χ4n) is 2.28. The second-order valence-corrected chi connectivity index (χ2v) is 4.34. The number of nitrogens with one attached hydrogen (secondary N) is 2. The second-order valence-electron chi connectivity index (χ2n) is 4.34. The third kappa shape index (κ3) is 1.73. The maximum absolute atomic E-state index is 12.3. The first-order valence-corrected chi connectivity index (χ1v) is 5.97. The Balaban J connectivity index is 2.11. The summed E-state index contributed by atoms with van der Waals surface area (Å²) in [6.45, 7) is 1.58. The van der Waals surface area contributed by atoms with Gasteiger partial charge in [0.05, 0.1) is 18.5 Å². The molecule has 0 saturated carbocycles. The molecule has 5 heteroatoms. The van der Waals surface area contributed by atoms with Crippen molar-refractivity contribution in [2.45, 2.75) is 13.0 Å². The van der Waals surface area contributed by atoms with E-state index < -0.39 is 0 Å². The number of hydrogen-bond acceptors (Lipinski definition) is 3. The Morgan fingerprint density at radius 2 is 2.28 bits per heavy atom. The number of H-pyrrole nitrogens is 1. The molecule has 1 aromatic carbocycles. The third-order valence-electron chi connectivity index (χ3n) is 3.24. The third-order valence-corrected chi connectivity index (χ3v) is 3.24. The fraction of sp³-hybridized carbons (Fsp3) is 0.308. The van der Waals surface area contributed by atoms with E-state index in [1.165, 1.54) is 0 Å². The molecule has 0 spiro atoms. The standard InChI is InChI=1S/C13H15N3O2/c1-18-10-4-2-3-9(7-10)16-13(17)11-5-6-14-8-12(11)15-16/h2-4,7,14-15H,5-6,8H2,1H3. The highest BCUT2D eigenvalue weighted by atomic mass is 16.5. The molecule has 1 aliphatic heterocycles. The summed E-state index contributed by atoms with van der Waals surface area (Å²) in [6.07, 6.45) is 0.779. The van der Waals surface area contributed by atoms with Crippen molar-refractivity contribution in [3.63, 3.8) is 0 Å². The molecule has 0 saturated heterocycles. The van der Waals surface area contributed by atoms with Crippen molar-refractivity contribution < 1.29 is 4.74 Å². The maximum Gasteiger partial charge on any atom is 0.274 e. The SMILES string of the molecule is COc1cccc(-n2[nH]c3c(c2=O)CCNC3)c1. The lowest BCUT2D eigenvalue weighted by atomic mass is 10.1. The Hall–Kier alpha value is -2.01. The molecule has 0 unspecified atom stereocenters. The van der Waals surface area contributed by atoms with Gasteiger partial charge in [-0.3, -0.25) is 9.89 Å². The van der Waals surface area contributed by atoms with Crippen LogP contribution in [-0.2, 0) is 13.0 Å². The van der Waals surface area contributed by atoms with Gasteiger partial charge in [-0.2, -0.15) is 0 Å². The van der Waals surface area contributed by atoms with Crippen molar-refractivity contribution in [2.24, 2.45) is 0 Å². The van der Waals surface area contributed by atoms with Gasteiger partial charge in [-0.1, -0.05) is 6.07 Å². The molecular formula is C13H15N3O2. The quantitative estimate of drug-likeness (QED) is 0.823. The van der Waals surface area contributed by atoms with Gasteiger partial charge < -0.3 is 10.1 Å². The van der Waals surface area contributed by atoms with Gasteiger partial charge in [0.15, 0.2) is 0 Å². The van der Waals surface area contributed by atoms with Crippen LogP contribution in [0.2, 0.25) is 0 Å². The molecule has 1 aliphatic rings. The lowest BCUT2D eigenvalue weighted by Gasteiger charge is -2.09. The van der Waals surface area contributed by atoms with Crippen LogP contribution in [0.25, 0.3) is 5.69 Å². The minimum absolute atomic E-state index is 0.0414. The zero-order valence-electron chi connectivity index (χ0n) is 10.2. The number of methoxy groups -OCH3 is 1. The Morgan fingerprint density at radius 1 is 1.39 bits per heavy atom. The van der Waals surface area contributed by atoms with Crippen molar-refractivity contribution >= 4 is 0 Å². The molecule has 18 heavy (non-hydrogen) atoms. The van der Waals surface area contributed by atoms with Gasteiger partial charge in [0.2, 0.25) is 0 Å². The Morgan fingerprint density at radius 3 is 3.06 bits per heavy atom. The van der Waals surface area contributed by atoms with E-state index in [4.69, 9.17) is 4.74 Å². The highest BCUT2D eigenvalue weighted by molar-refractivity contribution is 5.39. The number of ether oxygens (including phenoxy) is 1. The molecule has 0 bridgehead atoms. The molecule has 3 rings (SSSR count). The Labute approximate surface area is 104 Å². The molecule has 0 amide bonds. The molecule has 2 aromatic rings. The maximum atomic E-state index is 12.3. The van der Waals surface area contributed by atoms with Crippen LogP contribution < -0.4 is 15.6 Å². The first-order valence-electron chi connectivity index (χ1n) is 5.97.